The van der Waals surface area contributed by atoms with Gasteiger partial charge in [-0.2, -0.15) is 0 Å². The van der Waals surface area contributed by atoms with Gasteiger partial charge in [0.25, 0.3) is 0 Å². The summed E-state index contributed by atoms with van der Waals surface area (Å²) in [5, 5.41) is 0. The summed E-state index contributed by atoms with van der Waals surface area (Å²) in [7, 11) is 19.7. The Morgan fingerprint density at radius 3 is 1.00 bits per heavy atom. The molecule has 0 aliphatic carbocycles. The van der Waals surface area contributed by atoms with Crippen molar-refractivity contribution in [2.45, 2.75) is 0 Å². The van der Waals surface area contributed by atoms with Crippen LogP contribution in [0.2, 0.25) is 0 Å². The zero-order valence-corrected chi connectivity index (χ0v) is 10.8. The van der Waals surface area contributed by atoms with Crippen molar-refractivity contribution in [3.8, 4) is 0 Å². The first-order chi connectivity index (χ1) is 2.73. The Morgan fingerprint density at radius 1 is 1.00 bits per heavy atom. The monoisotopic (exact) mass is 290 g/mol. The summed E-state index contributed by atoms with van der Waals surface area (Å²) < 4.78 is 0. The molecule has 0 aromatic rings. The molecule has 0 saturated heterocycles. The zero-order chi connectivity index (χ0) is 5.58. The van der Waals surface area contributed by atoms with Gasteiger partial charge in [0.05, 0.1) is 0 Å². The first-order valence-electron chi connectivity index (χ1n) is 0.834. The summed E-state index contributed by atoms with van der Waals surface area (Å²) in [5.41, 5.74) is 0. The molecule has 0 fully saturated rings. The summed E-state index contributed by atoms with van der Waals surface area (Å²) in [6.45, 7) is 0. The van der Waals surface area contributed by atoms with Crippen LogP contribution in [-0.2, 0) is 0 Å². The van der Waals surface area contributed by atoms with Crippen molar-refractivity contribution in [1.29, 1.82) is 0 Å². The van der Waals surface area contributed by atoms with E-state index in [4.69, 9.17) is 40.0 Å². The van der Waals surface area contributed by atoms with Gasteiger partial charge in [-0.05, 0) is 0 Å². The Labute approximate surface area is 66.5 Å². The third-order valence-electron chi connectivity index (χ3n) is 0. The molecule has 0 spiro atoms. The third-order valence-corrected chi connectivity index (χ3v) is 0. The van der Waals surface area contributed by atoms with Crippen LogP contribution in [-0.4, -0.2) is 27.1 Å². The molecular formula is H2Cl4Ge2. The summed E-state index contributed by atoms with van der Waals surface area (Å²) in [4.78, 5) is 0. The van der Waals surface area contributed by atoms with Crippen LogP contribution in [0.1, 0.15) is 0 Å². The molecule has 0 nitrogen and oxygen atoms in total. The van der Waals surface area contributed by atoms with Crippen LogP contribution in [0.25, 0.3) is 0 Å². The minimum absolute atomic E-state index is 0.847. The number of hydrogen-bond acceptors (Lipinski definition) is 0. The standard InChI is InChI=1S/Cl3Ge.ClGeH2/c1-4(2)3;1-2/h;2H2. The van der Waals surface area contributed by atoms with Crippen LogP contribution in [0.5, 0.6) is 0 Å². The predicted molar refractivity (Wildman–Crippen MR) is 37.7 cm³/mol. The molecule has 0 rings (SSSR count). The van der Waals surface area contributed by atoms with Gasteiger partial charge in [-0.25, -0.2) is 0 Å². The van der Waals surface area contributed by atoms with E-state index < -0.39 is 11.6 Å². The fourth-order valence-corrected chi connectivity index (χ4v) is 0. The summed E-state index contributed by atoms with van der Waals surface area (Å²) in [5.74, 6) is 0. The molecule has 0 aromatic carbocycles. The minimum atomic E-state index is -1.92. The fraction of sp³-hybridized carbons (Fsp3) is 0. The molecule has 6 heteroatoms. The van der Waals surface area contributed by atoms with Gasteiger partial charge in [-0.15, -0.1) is 0 Å². The second-order valence-electron chi connectivity index (χ2n) is 0.214. The van der Waals surface area contributed by atoms with E-state index in [2.05, 4.69) is 0 Å². The van der Waals surface area contributed by atoms with Crippen molar-refractivity contribution in [3.63, 3.8) is 0 Å². The molecular weight excluding hydrogens is 287 g/mol. The molecule has 6 heavy (non-hydrogen) atoms. The van der Waals surface area contributed by atoms with E-state index in [1.165, 1.54) is 0 Å². The van der Waals surface area contributed by atoms with E-state index in [9.17, 15) is 0 Å². The molecule has 0 heterocycles. The van der Waals surface area contributed by atoms with Crippen molar-refractivity contribution in [1.82, 2.24) is 0 Å². The maximum atomic E-state index is 4.97. The SMILES string of the molecule is [Cl][GeH2].[Cl][Ge]([Cl])[Cl]. The Kier molecular flexibility index (Phi) is 19.0. The molecule has 0 aliphatic rings. The van der Waals surface area contributed by atoms with Crippen LogP contribution >= 0.6 is 40.0 Å². The van der Waals surface area contributed by atoms with Crippen LogP contribution in [0, 0.1) is 0 Å². The van der Waals surface area contributed by atoms with E-state index in [1.54, 1.807) is 0 Å². The molecule has 0 saturated carbocycles. The molecule has 2 radical (unpaired) electrons. The molecule has 0 unspecified atom stereocenters. The summed E-state index contributed by atoms with van der Waals surface area (Å²) in [6.07, 6.45) is 0. The van der Waals surface area contributed by atoms with Crippen molar-refractivity contribution < 1.29 is 0 Å². The summed E-state index contributed by atoms with van der Waals surface area (Å²) >= 11 is -1.07. The molecule has 0 amide bonds. The van der Waals surface area contributed by atoms with Gasteiger partial charge < -0.3 is 0 Å². The van der Waals surface area contributed by atoms with Gasteiger partial charge in [0.15, 0.2) is 0 Å². The Bertz CT molecular complexity index is 10.3. The summed E-state index contributed by atoms with van der Waals surface area (Å²) in [6, 6.07) is 0. The second-order valence-corrected chi connectivity index (χ2v) is 10.0. The molecule has 0 N–H and O–H groups in total. The van der Waals surface area contributed by atoms with E-state index >= 15 is 0 Å². The molecule has 0 atom stereocenters. The number of rotatable bonds is 0. The first-order valence-corrected chi connectivity index (χ1v) is 13.0. The van der Waals surface area contributed by atoms with Crippen molar-refractivity contribution in [2.75, 3.05) is 0 Å². The van der Waals surface area contributed by atoms with E-state index in [-0.39, 0.29) is 0 Å². The first kappa shape index (κ1) is 11.1. The fourth-order valence-electron chi connectivity index (χ4n) is 0. The van der Waals surface area contributed by atoms with Crippen molar-refractivity contribution in [3.05, 3.63) is 0 Å². The van der Waals surface area contributed by atoms with Gasteiger partial charge in [0, 0.05) is 0 Å². The number of hydrogen-bond donors (Lipinski definition) is 0. The van der Waals surface area contributed by atoms with Gasteiger partial charge in [0.1, 0.15) is 0 Å². The molecule has 0 bridgehead atoms. The Balaban J connectivity index is 0. The van der Waals surface area contributed by atoms with Gasteiger partial charge in [0.2, 0.25) is 0 Å². The quantitative estimate of drug-likeness (QED) is 0.592. The molecule has 0 aliphatic heterocycles. The van der Waals surface area contributed by atoms with E-state index in [0.29, 0.717) is 0 Å². The van der Waals surface area contributed by atoms with Crippen molar-refractivity contribution in [2.24, 2.45) is 0 Å². The van der Waals surface area contributed by atoms with Crippen LogP contribution in [0.4, 0.5) is 0 Å². The Morgan fingerprint density at radius 2 is 1.00 bits per heavy atom. The van der Waals surface area contributed by atoms with Crippen LogP contribution in [0.3, 0.4) is 0 Å². The topological polar surface area (TPSA) is 0 Å². The van der Waals surface area contributed by atoms with Crippen LogP contribution in [0.15, 0.2) is 0 Å². The van der Waals surface area contributed by atoms with E-state index in [0.717, 1.165) is 15.6 Å². The number of halogens is 4. The predicted octanol–water partition coefficient (Wildman–Crippen LogP) is 1.46. The maximum absolute atomic E-state index is 4.97. The van der Waals surface area contributed by atoms with Crippen molar-refractivity contribution >= 4 is 67.2 Å². The van der Waals surface area contributed by atoms with Crippen LogP contribution < -0.4 is 0 Å². The molecule has 0 aromatic heterocycles. The molecule has 38 valence electrons. The van der Waals surface area contributed by atoms with Gasteiger partial charge in [-0.3, -0.25) is 0 Å². The average molecular weight is 289 g/mol. The second kappa shape index (κ2) is 10.3. The average Bonchev–Trinajstić information content (AvgIpc) is 1.41. The van der Waals surface area contributed by atoms with Gasteiger partial charge in [-0.1, -0.05) is 0 Å². The third kappa shape index (κ3) is 34.1. The normalized spacial score (nSPS) is 7.00. The van der Waals surface area contributed by atoms with E-state index in [1.807, 2.05) is 0 Å². The Hall–Kier alpha value is 2.25. The zero-order valence-electron chi connectivity index (χ0n) is 2.72. The van der Waals surface area contributed by atoms with Gasteiger partial charge >= 0.3 is 67.2 Å².